The van der Waals surface area contributed by atoms with Gasteiger partial charge in [-0.3, -0.25) is 0 Å². The fourth-order valence-corrected chi connectivity index (χ4v) is 2.02. The van der Waals surface area contributed by atoms with Gasteiger partial charge in [-0.2, -0.15) is 26.3 Å². The standard InChI is InChI=1S/C13H9F6NO2.C2H6/c14-12(15,16)8-3-1-2-6-7(9(22)5-21)4-10(13(17,18)19)20-11(6)8;1-2/h1-4,9,21-22H,5H2;1-2H3. The van der Waals surface area contributed by atoms with E-state index in [1.807, 2.05) is 13.8 Å². The number of nitrogens with zero attached hydrogens (tertiary/aromatic N) is 1. The van der Waals surface area contributed by atoms with E-state index in [1.54, 1.807) is 0 Å². The molecule has 134 valence electrons. The Labute approximate surface area is 133 Å². The molecule has 1 unspecified atom stereocenters. The Balaban J connectivity index is 0.00000139. The van der Waals surface area contributed by atoms with Crippen molar-refractivity contribution in [3.8, 4) is 0 Å². The van der Waals surface area contributed by atoms with Crippen LogP contribution in [0.3, 0.4) is 0 Å². The number of aliphatic hydroxyl groups excluding tert-OH is 2. The Morgan fingerprint density at radius 3 is 2.08 bits per heavy atom. The zero-order valence-corrected chi connectivity index (χ0v) is 12.7. The number of para-hydroxylation sites is 1. The average Bonchev–Trinajstić information content (AvgIpc) is 2.52. The molecule has 9 heteroatoms. The van der Waals surface area contributed by atoms with Gasteiger partial charge in [0.2, 0.25) is 0 Å². The molecule has 0 amide bonds. The van der Waals surface area contributed by atoms with Gasteiger partial charge in [0.15, 0.2) is 0 Å². The molecule has 1 aromatic carbocycles. The van der Waals surface area contributed by atoms with Crippen LogP contribution in [0.1, 0.15) is 36.8 Å². The molecule has 2 N–H and O–H groups in total. The maximum atomic E-state index is 12.9. The van der Waals surface area contributed by atoms with Crippen LogP contribution in [0.25, 0.3) is 10.9 Å². The number of aromatic nitrogens is 1. The first-order valence-corrected chi connectivity index (χ1v) is 6.92. The molecule has 3 nitrogen and oxygen atoms in total. The Hall–Kier alpha value is -1.87. The molecule has 1 heterocycles. The summed E-state index contributed by atoms with van der Waals surface area (Å²) in [7, 11) is 0. The molecule has 1 aromatic heterocycles. The molecule has 0 saturated carbocycles. The van der Waals surface area contributed by atoms with Crippen molar-refractivity contribution in [3.63, 3.8) is 0 Å². The molecule has 0 aliphatic heterocycles. The summed E-state index contributed by atoms with van der Waals surface area (Å²) in [6.45, 7) is 3.06. The lowest BCUT2D eigenvalue weighted by Crippen LogP contribution is -2.14. The number of hydrogen-bond donors (Lipinski definition) is 2. The smallest absolute Gasteiger partial charge is 0.393 e. The fraction of sp³-hybridized carbons (Fsp3) is 0.400. The second-order valence-electron chi connectivity index (χ2n) is 4.49. The Kier molecular flexibility index (Phi) is 6.18. The van der Waals surface area contributed by atoms with Gasteiger partial charge in [-0.05, 0) is 17.7 Å². The molecule has 0 spiro atoms. The largest absolute Gasteiger partial charge is 0.433 e. The number of pyridine rings is 1. The summed E-state index contributed by atoms with van der Waals surface area (Å²) >= 11 is 0. The van der Waals surface area contributed by atoms with Crippen LogP contribution in [-0.4, -0.2) is 21.8 Å². The van der Waals surface area contributed by atoms with Crippen LogP contribution in [0.5, 0.6) is 0 Å². The van der Waals surface area contributed by atoms with E-state index in [2.05, 4.69) is 4.98 Å². The Bertz CT molecular complexity index is 697. The minimum absolute atomic E-state index is 0.302. The van der Waals surface area contributed by atoms with Crippen LogP contribution in [-0.2, 0) is 12.4 Å². The highest BCUT2D eigenvalue weighted by Crippen LogP contribution is 2.38. The van der Waals surface area contributed by atoms with E-state index in [0.29, 0.717) is 12.1 Å². The van der Waals surface area contributed by atoms with Gasteiger partial charge < -0.3 is 10.2 Å². The lowest BCUT2D eigenvalue weighted by atomic mass is 10.00. The first-order chi connectivity index (χ1) is 11.1. The number of fused-ring (bicyclic) bond motifs is 1. The molecular weight excluding hydrogens is 340 g/mol. The summed E-state index contributed by atoms with van der Waals surface area (Å²) < 4.78 is 77.2. The molecule has 0 saturated heterocycles. The third-order valence-electron chi connectivity index (χ3n) is 3.00. The van der Waals surface area contributed by atoms with Crippen LogP contribution in [0, 0.1) is 0 Å². The van der Waals surface area contributed by atoms with E-state index in [4.69, 9.17) is 5.11 Å². The third-order valence-corrected chi connectivity index (χ3v) is 3.00. The SMILES string of the molecule is CC.OCC(O)c1cc(C(F)(F)F)nc2c(C(F)(F)F)cccc12. The van der Waals surface area contributed by atoms with Gasteiger partial charge in [0.25, 0.3) is 0 Å². The second kappa shape index (κ2) is 7.35. The highest BCUT2D eigenvalue weighted by molar-refractivity contribution is 5.86. The van der Waals surface area contributed by atoms with Gasteiger partial charge in [0.05, 0.1) is 17.7 Å². The maximum absolute atomic E-state index is 12.9. The van der Waals surface area contributed by atoms with Gasteiger partial charge in [0.1, 0.15) is 11.8 Å². The molecule has 0 radical (unpaired) electrons. The lowest BCUT2D eigenvalue weighted by Gasteiger charge is -2.17. The molecule has 1 atom stereocenters. The summed E-state index contributed by atoms with van der Waals surface area (Å²) in [5.74, 6) is 0. The molecule has 0 aliphatic carbocycles. The van der Waals surface area contributed by atoms with Crippen molar-refractivity contribution in [3.05, 3.63) is 41.1 Å². The summed E-state index contributed by atoms with van der Waals surface area (Å²) in [5.41, 5.74) is -4.31. The van der Waals surface area contributed by atoms with E-state index < -0.39 is 47.4 Å². The van der Waals surface area contributed by atoms with Crippen molar-refractivity contribution in [1.29, 1.82) is 0 Å². The molecule has 0 aliphatic rings. The summed E-state index contributed by atoms with van der Waals surface area (Å²) in [6, 6.07) is 3.13. The molecule has 24 heavy (non-hydrogen) atoms. The average molecular weight is 355 g/mol. The minimum atomic E-state index is -4.99. The quantitative estimate of drug-likeness (QED) is 0.789. The highest BCUT2D eigenvalue weighted by Gasteiger charge is 2.37. The van der Waals surface area contributed by atoms with Crippen LogP contribution >= 0.6 is 0 Å². The van der Waals surface area contributed by atoms with Crippen LogP contribution in [0.2, 0.25) is 0 Å². The molecular formula is C15H15F6NO2. The van der Waals surface area contributed by atoms with Crippen molar-refractivity contribution in [2.24, 2.45) is 0 Å². The van der Waals surface area contributed by atoms with Gasteiger partial charge in [-0.15, -0.1) is 0 Å². The summed E-state index contributed by atoms with van der Waals surface area (Å²) in [4.78, 5) is 3.05. The first-order valence-electron chi connectivity index (χ1n) is 6.92. The zero-order chi connectivity index (χ0) is 18.7. The normalized spacial score (nSPS) is 13.4. The monoisotopic (exact) mass is 355 g/mol. The van der Waals surface area contributed by atoms with Crippen molar-refractivity contribution in [2.45, 2.75) is 32.3 Å². The van der Waals surface area contributed by atoms with E-state index >= 15 is 0 Å². The molecule has 2 rings (SSSR count). The Morgan fingerprint density at radius 2 is 1.62 bits per heavy atom. The first kappa shape index (κ1) is 20.2. The number of aliphatic hydroxyl groups is 2. The number of alkyl halides is 6. The highest BCUT2D eigenvalue weighted by atomic mass is 19.4. The van der Waals surface area contributed by atoms with Crippen molar-refractivity contribution >= 4 is 10.9 Å². The van der Waals surface area contributed by atoms with E-state index in [9.17, 15) is 31.4 Å². The number of hydrogen-bond acceptors (Lipinski definition) is 3. The fourth-order valence-electron chi connectivity index (χ4n) is 2.02. The second-order valence-corrected chi connectivity index (χ2v) is 4.49. The van der Waals surface area contributed by atoms with Crippen molar-refractivity contribution in [2.75, 3.05) is 6.61 Å². The number of halogens is 6. The number of rotatable bonds is 2. The number of benzene rings is 1. The van der Waals surface area contributed by atoms with Crippen molar-refractivity contribution in [1.82, 2.24) is 4.98 Å². The van der Waals surface area contributed by atoms with Crippen LogP contribution < -0.4 is 0 Å². The van der Waals surface area contributed by atoms with E-state index in [0.717, 1.165) is 12.1 Å². The maximum Gasteiger partial charge on any atom is 0.433 e. The third kappa shape index (κ3) is 4.15. The summed E-state index contributed by atoms with van der Waals surface area (Å²) in [5, 5.41) is 18.2. The van der Waals surface area contributed by atoms with Gasteiger partial charge in [-0.25, -0.2) is 4.98 Å². The van der Waals surface area contributed by atoms with E-state index in [1.165, 1.54) is 0 Å². The summed E-state index contributed by atoms with van der Waals surface area (Å²) in [6.07, 6.45) is -11.6. The van der Waals surface area contributed by atoms with Gasteiger partial charge in [-0.1, -0.05) is 26.0 Å². The molecule has 0 bridgehead atoms. The van der Waals surface area contributed by atoms with Gasteiger partial charge >= 0.3 is 12.4 Å². The minimum Gasteiger partial charge on any atom is -0.393 e. The molecule has 0 fully saturated rings. The molecule has 2 aromatic rings. The van der Waals surface area contributed by atoms with E-state index in [-0.39, 0.29) is 5.39 Å². The van der Waals surface area contributed by atoms with Gasteiger partial charge in [0, 0.05) is 5.39 Å². The predicted molar refractivity (Wildman–Crippen MR) is 75.1 cm³/mol. The zero-order valence-electron chi connectivity index (χ0n) is 12.7. The Morgan fingerprint density at radius 1 is 1.04 bits per heavy atom. The lowest BCUT2D eigenvalue weighted by molar-refractivity contribution is -0.142. The van der Waals surface area contributed by atoms with Crippen LogP contribution in [0.4, 0.5) is 26.3 Å². The topological polar surface area (TPSA) is 53.4 Å². The predicted octanol–water partition coefficient (Wildman–Crippen LogP) is 4.32. The van der Waals surface area contributed by atoms with Crippen molar-refractivity contribution < 1.29 is 36.6 Å². The van der Waals surface area contributed by atoms with Crippen LogP contribution in [0.15, 0.2) is 24.3 Å².